The van der Waals surface area contributed by atoms with E-state index in [1.807, 2.05) is 0 Å². The Morgan fingerprint density at radius 2 is 1.92 bits per heavy atom. The van der Waals surface area contributed by atoms with Crippen LogP contribution in [0.25, 0.3) is 0 Å². The average molecular weight is 519 g/mol. The van der Waals surface area contributed by atoms with E-state index in [1.165, 1.54) is 37.3 Å². The third kappa shape index (κ3) is 2.86. The number of alkyl halides is 2. The highest BCUT2D eigenvalue weighted by atomic mass is 19.1. The SMILES string of the molecule is C[C@]12C=CC(=O)C=C1[C@@H](F)C[C@H]1[C@@H]3C[C@H]4O[C@@H](c5ccccc5F)O[C@@]4(C(=O)CO)[C@@]3(C)C[C@H](O)[C@@]12F. The number of rotatable bonds is 3. The van der Waals surface area contributed by atoms with Crippen molar-refractivity contribution in [2.24, 2.45) is 22.7 Å². The van der Waals surface area contributed by atoms with Crippen LogP contribution in [0.1, 0.15) is 45.0 Å². The molecule has 37 heavy (non-hydrogen) atoms. The standard InChI is InChI=1S/C28H29F3O6/c1-25-8-7-14(33)9-18(25)20(30)10-17-16-11-23-28(22(35)13-32,26(16,2)12-21(34)27(17,25)31)37-24(36-23)15-5-3-4-6-19(15)29/h3-9,16-17,20-21,23-24,32,34H,10-13H2,1-2H3/t16-,17-,20-,21-,23+,24+,25-,26-,27-,28+/m0/s1. The van der Waals surface area contributed by atoms with Gasteiger partial charge in [0.1, 0.15) is 18.6 Å². The number of ketones is 2. The van der Waals surface area contributed by atoms with E-state index in [0.717, 1.165) is 6.08 Å². The maximum Gasteiger partial charge on any atom is 0.193 e. The van der Waals surface area contributed by atoms with E-state index in [0.29, 0.717) is 0 Å². The second-order valence-corrected chi connectivity index (χ2v) is 11.5. The molecule has 1 saturated heterocycles. The smallest absolute Gasteiger partial charge is 0.193 e. The van der Waals surface area contributed by atoms with Gasteiger partial charge in [0.05, 0.1) is 12.2 Å². The minimum Gasteiger partial charge on any atom is -0.390 e. The molecule has 6 nitrogen and oxygen atoms in total. The summed E-state index contributed by atoms with van der Waals surface area (Å²) in [6.07, 6.45) is -2.23. The van der Waals surface area contributed by atoms with Gasteiger partial charge in [-0.05, 0) is 55.9 Å². The summed E-state index contributed by atoms with van der Waals surface area (Å²) in [7, 11) is 0. The van der Waals surface area contributed by atoms with E-state index >= 15 is 8.78 Å². The third-order valence-corrected chi connectivity index (χ3v) is 10.1. The van der Waals surface area contributed by atoms with Crippen molar-refractivity contribution in [1.82, 2.24) is 0 Å². The van der Waals surface area contributed by atoms with Crippen molar-refractivity contribution in [3.8, 4) is 0 Å². The highest BCUT2D eigenvalue weighted by Crippen LogP contribution is 2.72. The van der Waals surface area contributed by atoms with Gasteiger partial charge < -0.3 is 19.7 Å². The number of carbonyl (C=O) groups excluding carboxylic acids is 2. The molecular formula is C28H29F3O6. The summed E-state index contributed by atoms with van der Waals surface area (Å²) < 4.78 is 59.9. The number of ether oxygens (including phenoxy) is 2. The molecule has 1 aliphatic heterocycles. The minimum absolute atomic E-state index is 0.00728. The van der Waals surface area contributed by atoms with Crippen LogP contribution in [-0.4, -0.2) is 58.0 Å². The summed E-state index contributed by atoms with van der Waals surface area (Å²) in [4.78, 5) is 25.4. The van der Waals surface area contributed by atoms with Crippen LogP contribution in [0.5, 0.6) is 0 Å². The van der Waals surface area contributed by atoms with Gasteiger partial charge in [-0.25, -0.2) is 13.2 Å². The molecule has 5 aliphatic rings. The van der Waals surface area contributed by atoms with Gasteiger partial charge in [-0.1, -0.05) is 31.2 Å². The van der Waals surface area contributed by atoms with Gasteiger partial charge in [0.15, 0.2) is 29.1 Å². The first kappa shape index (κ1) is 25.0. The first-order valence-electron chi connectivity index (χ1n) is 12.6. The molecule has 9 heteroatoms. The molecule has 2 N–H and O–H groups in total. The van der Waals surface area contributed by atoms with Crippen molar-refractivity contribution in [3.05, 3.63) is 59.4 Å². The quantitative estimate of drug-likeness (QED) is 0.637. The lowest BCUT2D eigenvalue weighted by Gasteiger charge is -2.63. The maximum absolute atomic E-state index is 17.3. The van der Waals surface area contributed by atoms with Crippen LogP contribution in [0.2, 0.25) is 0 Å². The molecule has 0 aromatic heterocycles. The molecule has 4 aliphatic carbocycles. The second-order valence-electron chi connectivity index (χ2n) is 11.5. The van der Waals surface area contributed by atoms with E-state index in [9.17, 15) is 24.2 Å². The fraction of sp³-hybridized carbons (Fsp3) is 0.571. The van der Waals surface area contributed by atoms with E-state index in [-0.39, 0.29) is 30.4 Å². The van der Waals surface area contributed by atoms with Gasteiger partial charge >= 0.3 is 0 Å². The van der Waals surface area contributed by atoms with Crippen LogP contribution in [0.3, 0.4) is 0 Å². The van der Waals surface area contributed by atoms with Crippen LogP contribution in [0, 0.1) is 28.5 Å². The van der Waals surface area contributed by atoms with Crippen LogP contribution >= 0.6 is 0 Å². The predicted octanol–water partition coefficient (Wildman–Crippen LogP) is 3.47. The highest BCUT2D eigenvalue weighted by Gasteiger charge is 2.80. The number of Topliss-reactive ketones (excluding diaryl/α,β-unsaturated/α-hetero) is 1. The Bertz CT molecular complexity index is 1250. The lowest BCUT2D eigenvalue weighted by molar-refractivity contribution is -0.235. The largest absolute Gasteiger partial charge is 0.390 e. The van der Waals surface area contributed by atoms with Gasteiger partial charge in [0, 0.05) is 22.3 Å². The molecular weight excluding hydrogens is 489 g/mol. The van der Waals surface area contributed by atoms with Crippen molar-refractivity contribution >= 4 is 11.6 Å². The Morgan fingerprint density at radius 1 is 1.19 bits per heavy atom. The van der Waals surface area contributed by atoms with Gasteiger partial charge in [-0.15, -0.1) is 0 Å². The zero-order valence-electron chi connectivity index (χ0n) is 20.5. The molecule has 4 fully saturated rings. The van der Waals surface area contributed by atoms with Gasteiger partial charge in [0.25, 0.3) is 0 Å². The second kappa shape index (κ2) is 7.85. The summed E-state index contributed by atoms with van der Waals surface area (Å²) >= 11 is 0. The molecule has 10 atom stereocenters. The molecule has 0 spiro atoms. The van der Waals surface area contributed by atoms with Gasteiger partial charge in [-0.3, -0.25) is 9.59 Å². The fourth-order valence-corrected chi connectivity index (χ4v) is 8.37. The molecule has 0 amide bonds. The number of fused-ring (bicyclic) bond motifs is 7. The molecule has 0 unspecified atom stereocenters. The van der Waals surface area contributed by atoms with Crippen molar-refractivity contribution in [2.45, 2.75) is 69.0 Å². The molecule has 0 radical (unpaired) electrons. The van der Waals surface area contributed by atoms with E-state index in [4.69, 9.17) is 9.47 Å². The van der Waals surface area contributed by atoms with E-state index in [1.54, 1.807) is 13.0 Å². The molecule has 1 heterocycles. The molecule has 198 valence electrons. The number of allylic oxidation sites excluding steroid dienone is 4. The Labute approximate surface area is 212 Å². The Morgan fingerprint density at radius 3 is 2.62 bits per heavy atom. The lowest BCUT2D eigenvalue weighted by atomic mass is 9.44. The molecule has 3 saturated carbocycles. The first-order chi connectivity index (χ1) is 17.4. The summed E-state index contributed by atoms with van der Waals surface area (Å²) in [5, 5.41) is 21.4. The van der Waals surface area contributed by atoms with Crippen molar-refractivity contribution < 1.29 is 42.4 Å². The number of halogens is 3. The van der Waals surface area contributed by atoms with E-state index < -0.39 is 82.6 Å². The van der Waals surface area contributed by atoms with E-state index in [2.05, 4.69) is 0 Å². The van der Waals surface area contributed by atoms with Gasteiger partial charge in [-0.2, -0.15) is 0 Å². The summed E-state index contributed by atoms with van der Waals surface area (Å²) in [5.74, 6) is -3.43. The minimum atomic E-state index is -2.32. The zero-order valence-corrected chi connectivity index (χ0v) is 20.5. The number of hydrogen-bond donors (Lipinski definition) is 2. The number of benzene rings is 1. The molecule has 1 aromatic carbocycles. The van der Waals surface area contributed by atoms with Gasteiger partial charge in [0.2, 0.25) is 0 Å². The molecule has 0 bridgehead atoms. The fourth-order valence-electron chi connectivity index (χ4n) is 8.37. The lowest BCUT2D eigenvalue weighted by Crippen LogP contribution is -2.70. The van der Waals surface area contributed by atoms with Crippen LogP contribution in [0.15, 0.2) is 48.1 Å². The first-order valence-corrected chi connectivity index (χ1v) is 12.6. The number of carbonyl (C=O) groups is 2. The number of hydrogen-bond acceptors (Lipinski definition) is 6. The van der Waals surface area contributed by atoms with Crippen molar-refractivity contribution in [1.29, 1.82) is 0 Å². The van der Waals surface area contributed by atoms with Crippen LogP contribution in [0.4, 0.5) is 13.2 Å². The van der Waals surface area contributed by atoms with Crippen molar-refractivity contribution in [3.63, 3.8) is 0 Å². The monoisotopic (exact) mass is 518 g/mol. The molecule has 6 rings (SSSR count). The average Bonchev–Trinajstić information content (AvgIpc) is 3.35. The van der Waals surface area contributed by atoms with Crippen LogP contribution < -0.4 is 0 Å². The predicted molar refractivity (Wildman–Crippen MR) is 124 cm³/mol. The molecule has 1 aromatic rings. The van der Waals surface area contributed by atoms with Crippen molar-refractivity contribution in [2.75, 3.05) is 6.61 Å². The highest BCUT2D eigenvalue weighted by molar-refractivity contribution is 6.01. The maximum atomic E-state index is 17.3. The Kier molecular flexibility index (Phi) is 5.30. The normalized spacial score (nSPS) is 48.1. The topological polar surface area (TPSA) is 93.1 Å². The summed E-state index contributed by atoms with van der Waals surface area (Å²) in [5.41, 5.74) is -6.83. The number of aliphatic hydroxyl groups excluding tert-OH is 2. The summed E-state index contributed by atoms with van der Waals surface area (Å²) in [6.45, 7) is 2.29. The number of aliphatic hydroxyl groups is 2. The Hall–Kier alpha value is -2.33. The Balaban J connectivity index is 1.46. The van der Waals surface area contributed by atoms with Crippen LogP contribution in [-0.2, 0) is 19.1 Å². The summed E-state index contributed by atoms with van der Waals surface area (Å²) in [6, 6.07) is 5.82. The third-order valence-electron chi connectivity index (χ3n) is 10.1. The zero-order chi connectivity index (χ0) is 26.5.